The predicted octanol–water partition coefficient (Wildman–Crippen LogP) is 5.58. The summed E-state index contributed by atoms with van der Waals surface area (Å²) >= 11 is 13.3. The first-order chi connectivity index (χ1) is 24.6. The van der Waals surface area contributed by atoms with Crippen LogP contribution in [-0.4, -0.2) is 64.7 Å². The van der Waals surface area contributed by atoms with E-state index >= 15 is 0 Å². The highest BCUT2D eigenvalue weighted by atomic mass is 35.5. The monoisotopic (exact) mass is 745 g/mol. The number of carbonyl (C=O) groups is 2. The molecule has 5 aromatic rings. The van der Waals surface area contributed by atoms with Crippen LogP contribution in [0.4, 0.5) is 0 Å². The van der Waals surface area contributed by atoms with Crippen LogP contribution in [0.15, 0.2) is 84.3 Å². The molecule has 0 saturated carbocycles. The number of aromatic nitrogens is 3. The average Bonchev–Trinajstić information content (AvgIpc) is 3.85. The summed E-state index contributed by atoms with van der Waals surface area (Å²) in [5, 5.41) is 15.5. The van der Waals surface area contributed by atoms with Crippen LogP contribution in [0.25, 0.3) is 16.6 Å². The lowest BCUT2D eigenvalue weighted by Gasteiger charge is -2.24. The molecule has 2 aromatic heterocycles. The van der Waals surface area contributed by atoms with E-state index in [1.54, 1.807) is 42.9 Å². The fourth-order valence-corrected chi connectivity index (χ4v) is 8.47. The number of nitrogens with one attached hydrogen (secondary N) is 2. The van der Waals surface area contributed by atoms with Crippen molar-refractivity contribution in [1.29, 1.82) is 5.26 Å². The number of aryl methyl sites for hydroxylation is 1. The maximum absolute atomic E-state index is 14.0. The summed E-state index contributed by atoms with van der Waals surface area (Å²) in [5.74, 6) is -0.271. The first-order valence-electron chi connectivity index (χ1n) is 16.1. The molecule has 1 saturated heterocycles. The minimum atomic E-state index is -4.21. The fraction of sp³-hybridized carbons (Fsp3) is 0.250. The minimum absolute atomic E-state index is 0.0879. The average molecular weight is 747 g/mol. The van der Waals surface area contributed by atoms with Crippen LogP contribution in [0.3, 0.4) is 0 Å². The van der Waals surface area contributed by atoms with Crippen LogP contribution in [-0.2, 0) is 21.4 Å². The third kappa shape index (κ3) is 7.69. The van der Waals surface area contributed by atoms with Crippen molar-refractivity contribution < 1.29 is 22.7 Å². The topological polar surface area (TPSA) is 159 Å². The number of rotatable bonds is 12. The lowest BCUT2D eigenvalue weighted by molar-refractivity contribution is -0.124. The Morgan fingerprint density at radius 1 is 1.08 bits per heavy atom. The second-order valence-corrected chi connectivity index (χ2v) is 14.5. The van der Waals surface area contributed by atoms with Gasteiger partial charge in [0.25, 0.3) is 5.91 Å². The second-order valence-electron chi connectivity index (χ2n) is 11.9. The number of nitrogens with zero attached hydrogens (tertiary/aromatic N) is 5. The van der Waals surface area contributed by atoms with Gasteiger partial charge in [0.05, 0.1) is 28.7 Å². The molecular formula is C36H33Cl2N7O5S. The van der Waals surface area contributed by atoms with Gasteiger partial charge in [0.15, 0.2) is 0 Å². The number of sulfonamides is 1. The van der Waals surface area contributed by atoms with E-state index in [-0.39, 0.29) is 52.7 Å². The van der Waals surface area contributed by atoms with Crippen LogP contribution in [0.5, 0.6) is 5.75 Å². The number of amides is 2. The number of nitriles is 1. The van der Waals surface area contributed by atoms with Crippen molar-refractivity contribution in [3.63, 3.8) is 0 Å². The van der Waals surface area contributed by atoms with Gasteiger partial charge >= 0.3 is 0 Å². The maximum atomic E-state index is 14.0. The molecule has 262 valence electrons. The smallest absolute Gasteiger partial charge is 0.251 e. The predicted molar refractivity (Wildman–Crippen MR) is 192 cm³/mol. The van der Waals surface area contributed by atoms with Gasteiger partial charge in [-0.25, -0.2) is 18.4 Å². The van der Waals surface area contributed by atoms with Crippen molar-refractivity contribution in [2.24, 2.45) is 0 Å². The van der Waals surface area contributed by atoms with Crippen molar-refractivity contribution in [2.75, 3.05) is 19.6 Å². The highest BCUT2D eigenvalue weighted by Crippen LogP contribution is 2.37. The zero-order valence-electron chi connectivity index (χ0n) is 27.5. The molecular weight excluding hydrogens is 713 g/mol. The Balaban J connectivity index is 1.12. The number of para-hydroxylation sites is 1. The Labute approximate surface area is 305 Å². The summed E-state index contributed by atoms with van der Waals surface area (Å²) in [6.45, 7) is 2.41. The lowest BCUT2D eigenvalue weighted by atomic mass is 10.1. The standard InChI is InChI=1S/C36H33Cl2N7O5S/c1-23-19-30(44-18-16-40-22-44)26-5-2-7-31(34(26)43-23)50-21-27-28(37)12-13-32(33(27)38)51(48,49)45-17-3-6-29(45)36(47)42-15-4-14-41-35(46)25-10-8-24(20-39)9-11-25/h2,5,7-13,16,18-19,22,29H,3-4,6,14-15,17,21H2,1H3,(H,41,46)(H,42,47)/t29-/m0/s1. The summed E-state index contributed by atoms with van der Waals surface area (Å²) in [5.41, 5.74) is 3.40. The SMILES string of the molecule is Cc1cc(-n2ccnc2)c2cccc(OCc3c(Cl)ccc(S(=O)(=O)N4CCC[C@H]4C(=O)NCCCNC(=O)c4ccc(C#N)cc4)c3Cl)c2n1. The van der Waals surface area contributed by atoms with Gasteiger partial charge in [0, 0.05) is 59.3 Å². The quantitative estimate of drug-likeness (QED) is 0.157. The molecule has 15 heteroatoms. The molecule has 2 amide bonds. The summed E-state index contributed by atoms with van der Waals surface area (Å²) < 4.78 is 37.2. The van der Waals surface area contributed by atoms with Crippen LogP contribution < -0.4 is 15.4 Å². The van der Waals surface area contributed by atoms with Crippen molar-refractivity contribution in [3.8, 4) is 17.5 Å². The van der Waals surface area contributed by atoms with Crippen molar-refractivity contribution >= 4 is 55.9 Å². The molecule has 0 radical (unpaired) electrons. The van der Waals surface area contributed by atoms with Crippen LogP contribution in [0.2, 0.25) is 10.0 Å². The molecule has 3 heterocycles. The molecule has 2 N–H and O–H groups in total. The Bertz CT molecular complexity index is 2240. The van der Waals surface area contributed by atoms with Crippen LogP contribution in [0.1, 0.15) is 46.4 Å². The Kier molecular flexibility index (Phi) is 10.9. The van der Waals surface area contributed by atoms with Gasteiger partial charge in [0.2, 0.25) is 15.9 Å². The molecule has 6 rings (SSSR count). The number of hydrogen-bond donors (Lipinski definition) is 2. The molecule has 0 aliphatic carbocycles. The first kappa shape index (κ1) is 35.8. The lowest BCUT2D eigenvalue weighted by Crippen LogP contribution is -2.46. The van der Waals surface area contributed by atoms with Crippen LogP contribution >= 0.6 is 23.2 Å². The van der Waals surface area contributed by atoms with Gasteiger partial charge in [-0.15, -0.1) is 0 Å². The van der Waals surface area contributed by atoms with E-state index < -0.39 is 22.0 Å². The number of halogens is 2. The minimum Gasteiger partial charge on any atom is -0.487 e. The fourth-order valence-electron chi connectivity index (χ4n) is 5.95. The van der Waals surface area contributed by atoms with Crippen molar-refractivity contribution in [3.05, 3.63) is 112 Å². The summed E-state index contributed by atoms with van der Waals surface area (Å²) in [6.07, 6.45) is 6.49. The number of hydrogen-bond acceptors (Lipinski definition) is 8. The van der Waals surface area contributed by atoms with Gasteiger partial charge in [-0.2, -0.15) is 9.57 Å². The molecule has 0 unspecified atom stereocenters. The zero-order valence-corrected chi connectivity index (χ0v) is 29.8. The van der Waals surface area contributed by atoms with Gasteiger partial charge < -0.3 is 19.9 Å². The number of pyridine rings is 1. The molecule has 0 bridgehead atoms. The first-order valence-corrected chi connectivity index (χ1v) is 18.3. The largest absolute Gasteiger partial charge is 0.487 e. The highest BCUT2D eigenvalue weighted by Gasteiger charge is 2.40. The molecule has 0 spiro atoms. The molecule has 51 heavy (non-hydrogen) atoms. The maximum Gasteiger partial charge on any atom is 0.251 e. The van der Waals surface area contributed by atoms with Crippen molar-refractivity contribution in [1.82, 2.24) is 29.5 Å². The Hall–Kier alpha value is -5.00. The van der Waals surface area contributed by atoms with E-state index in [9.17, 15) is 18.0 Å². The summed E-state index contributed by atoms with van der Waals surface area (Å²) in [4.78, 5) is 34.2. The van der Waals surface area contributed by atoms with Gasteiger partial charge in [-0.3, -0.25) is 9.59 Å². The summed E-state index contributed by atoms with van der Waals surface area (Å²) in [6, 6.07) is 17.6. The molecule has 1 aliphatic rings. The third-order valence-corrected chi connectivity index (χ3v) is 11.4. The van der Waals surface area contributed by atoms with Gasteiger partial charge in [-0.05, 0) is 74.7 Å². The number of benzene rings is 3. The van der Waals surface area contributed by atoms with E-state index in [2.05, 4.69) is 15.6 Å². The normalized spacial score (nSPS) is 14.7. The van der Waals surface area contributed by atoms with E-state index in [0.717, 1.165) is 16.8 Å². The van der Waals surface area contributed by atoms with E-state index in [1.807, 2.05) is 42.0 Å². The number of imidazole rings is 1. The number of carbonyl (C=O) groups excluding carboxylic acids is 2. The van der Waals surface area contributed by atoms with E-state index in [1.165, 1.54) is 16.4 Å². The van der Waals surface area contributed by atoms with Gasteiger partial charge in [-0.1, -0.05) is 35.3 Å². The molecule has 1 fully saturated rings. The van der Waals surface area contributed by atoms with E-state index in [4.69, 9.17) is 38.2 Å². The van der Waals surface area contributed by atoms with E-state index in [0.29, 0.717) is 41.7 Å². The summed E-state index contributed by atoms with van der Waals surface area (Å²) in [7, 11) is -4.21. The number of fused-ring (bicyclic) bond motifs is 1. The third-order valence-electron chi connectivity index (χ3n) is 8.52. The molecule has 1 aliphatic heterocycles. The zero-order chi connectivity index (χ0) is 36.1. The van der Waals surface area contributed by atoms with Crippen molar-refractivity contribution in [2.45, 2.75) is 43.7 Å². The second kappa shape index (κ2) is 15.5. The molecule has 1 atom stereocenters. The Morgan fingerprint density at radius 2 is 1.86 bits per heavy atom. The Morgan fingerprint density at radius 3 is 2.61 bits per heavy atom. The number of ether oxygens (including phenoxy) is 1. The van der Waals surface area contributed by atoms with Gasteiger partial charge in [0.1, 0.15) is 28.8 Å². The molecule has 12 nitrogen and oxygen atoms in total. The van der Waals surface area contributed by atoms with Crippen LogP contribution in [0, 0.1) is 18.3 Å². The molecule has 3 aromatic carbocycles. The highest BCUT2D eigenvalue weighted by molar-refractivity contribution is 7.89.